The number of nitrogens with one attached hydrogen (secondary N) is 1. The van der Waals surface area contributed by atoms with Gasteiger partial charge in [0.05, 0.1) is 5.69 Å². The van der Waals surface area contributed by atoms with Crippen LogP contribution in [-0.2, 0) is 0 Å². The van der Waals surface area contributed by atoms with Gasteiger partial charge >= 0.3 is 0 Å². The number of nitrogens with zero attached hydrogens (tertiary/aromatic N) is 2. The molecular formula is C13H10BrN3. The zero-order valence-corrected chi connectivity index (χ0v) is 10.8. The van der Waals surface area contributed by atoms with E-state index in [1.54, 1.807) is 12.3 Å². The highest BCUT2D eigenvalue weighted by Gasteiger charge is 2.03. The summed E-state index contributed by atoms with van der Waals surface area (Å²) in [5, 5.41) is 12.1. The van der Waals surface area contributed by atoms with Gasteiger partial charge in [-0.2, -0.15) is 5.26 Å². The standard InChI is InChI=1S/C13H10BrN3/c1-9-4-5-10(7-11(9)14)17-12-3-2-6-16-13(12)8-15/h2-7,17H,1H3. The van der Waals surface area contributed by atoms with Crippen molar-refractivity contribution in [3.63, 3.8) is 0 Å². The molecule has 17 heavy (non-hydrogen) atoms. The van der Waals surface area contributed by atoms with Crippen LogP contribution in [0.5, 0.6) is 0 Å². The van der Waals surface area contributed by atoms with Gasteiger partial charge in [-0.1, -0.05) is 22.0 Å². The highest BCUT2D eigenvalue weighted by molar-refractivity contribution is 9.10. The number of benzene rings is 1. The van der Waals surface area contributed by atoms with Gasteiger partial charge in [-0.05, 0) is 36.8 Å². The number of halogens is 1. The Hall–Kier alpha value is -1.86. The molecule has 0 amide bonds. The van der Waals surface area contributed by atoms with Crippen molar-refractivity contribution in [1.82, 2.24) is 4.98 Å². The lowest BCUT2D eigenvalue weighted by molar-refractivity contribution is 1.26. The molecule has 1 heterocycles. The van der Waals surface area contributed by atoms with E-state index in [1.807, 2.05) is 31.2 Å². The third kappa shape index (κ3) is 2.63. The van der Waals surface area contributed by atoms with E-state index in [0.717, 1.165) is 10.2 Å². The summed E-state index contributed by atoms with van der Waals surface area (Å²) in [5.74, 6) is 0. The van der Waals surface area contributed by atoms with Crippen molar-refractivity contribution in [2.24, 2.45) is 0 Å². The fraction of sp³-hybridized carbons (Fsp3) is 0.0769. The van der Waals surface area contributed by atoms with Crippen molar-refractivity contribution in [2.75, 3.05) is 5.32 Å². The summed E-state index contributed by atoms with van der Waals surface area (Å²) in [7, 11) is 0. The van der Waals surface area contributed by atoms with E-state index in [4.69, 9.17) is 5.26 Å². The maximum Gasteiger partial charge on any atom is 0.163 e. The number of hydrogen-bond acceptors (Lipinski definition) is 3. The zero-order chi connectivity index (χ0) is 12.3. The topological polar surface area (TPSA) is 48.7 Å². The predicted molar refractivity (Wildman–Crippen MR) is 71.1 cm³/mol. The van der Waals surface area contributed by atoms with Gasteiger partial charge in [-0.25, -0.2) is 4.98 Å². The van der Waals surface area contributed by atoms with Gasteiger partial charge in [-0.3, -0.25) is 0 Å². The summed E-state index contributed by atoms with van der Waals surface area (Å²) in [6.45, 7) is 2.03. The summed E-state index contributed by atoms with van der Waals surface area (Å²) in [6, 6.07) is 11.6. The Morgan fingerprint density at radius 2 is 2.18 bits per heavy atom. The van der Waals surface area contributed by atoms with Crippen LogP contribution in [-0.4, -0.2) is 4.98 Å². The van der Waals surface area contributed by atoms with E-state index in [1.165, 1.54) is 5.56 Å². The lowest BCUT2D eigenvalue weighted by Gasteiger charge is -2.08. The molecule has 0 atom stereocenters. The maximum atomic E-state index is 8.93. The second kappa shape index (κ2) is 4.98. The molecule has 0 aliphatic heterocycles. The van der Waals surface area contributed by atoms with Crippen LogP contribution in [0.25, 0.3) is 0 Å². The van der Waals surface area contributed by atoms with Crippen molar-refractivity contribution in [1.29, 1.82) is 5.26 Å². The predicted octanol–water partition coefficient (Wildman–Crippen LogP) is 3.77. The minimum Gasteiger partial charge on any atom is -0.353 e. The van der Waals surface area contributed by atoms with E-state index in [0.29, 0.717) is 11.4 Å². The molecular weight excluding hydrogens is 278 g/mol. The monoisotopic (exact) mass is 287 g/mol. The molecule has 0 radical (unpaired) electrons. The molecule has 0 spiro atoms. The normalized spacial score (nSPS) is 9.71. The first-order chi connectivity index (χ1) is 8.20. The Morgan fingerprint density at radius 1 is 1.35 bits per heavy atom. The summed E-state index contributed by atoms with van der Waals surface area (Å²) in [6.07, 6.45) is 1.61. The second-order valence-electron chi connectivity index (χ2n) is 3.60. The van der Waals surface area contributed by atoms with Crippen LogP contribution in [0.15, 0.2) is 41.0 Å². The number of hydrogen-bond donors (Lipinski definition) is 1. The minimum absolute atomic E-state index is 0.393. The van der Waals surface area contributed by atoms with Crippen molar-refractivity contribution in [2.45, 2.75) is 6.92 Å². The largest absolute Gasteiger partial charge is 0.353 e. The molecule has 1 aromatic carbocycles. The molecule has 0 aliphatic rings. The SMILES string of the molecule is Cc1ccc(Nc2cccnc2C#N)cc1Br. The molecule has 2 aromatic rings. The van der Waals surface area contributed by atoms with Gasteiger partial charge in [0.1, 0.15) is 6.07 Å². The maximum absolute atomic E-state index is 8.93. The zero-order valence-electron chi connectivity index (χ0n) is 9.24. The molecule has 1 aromatic heterocycles. The van der Waals surface area contributed by atoms with E-state index in [2.05, 4.69) is 32.3 Å². The first kappa shape index (κ1) is 11.6. The lowest BCUT2D eigenvalue weighted by Crippen LogP contribution is -1.95. The molecule has 0 unspecified atom stereocenters. The quantitative estimate of drug-likeness (QED) is 0.915. The number of rotatable bonds is 2. The third-order valence-corrected chi connectivity index (χ3v) is 3.22. The van der Waals surface area contributed by atoms with E-state index in [9.17, 15) is 0 Å². The molecule has 84 valence electrons. The molecule has 0 saturated heterocycles. The van der Waals surface area contributed by atoms with Crippen LogP contribution in [0.3, 0.4) is 0 Å². The van der Waals surface area contributed by atoms with Crippen molar-refractivity contribution in [3.05, 3.63) is 52.3 Å². The van der Waals surface area contributed by atoms with Crippen LogP contribution in [0.4, 0.5) is 11.4 Å². The number of nitriles is 1. The molecule has 3 nitrogen and oxygen atoms in total. The Bertz CT molecular complexity index is 587. The average molecular weight is 288 g/mol. The number of aromatic nitrogens is 1. The van der Waals surface area contributed by atoms with Crippen LogP contribution >= 0.6 is 15.9 Å². The third-order valence-electron chi connectivity index (χ3n) is 2.36. The van der Waals surface area contributed by atoms with Crippen molar-refractivity contribution < 1.29 is 0 Å². The first-order valence-electron chi connectivity index (χ1n) is 5.09. The van der Waals surface area contributed by atoms with Crippen LogP contribution in [0.1, 0.15) is 11.3 Å². The fourth-order valence-corrected chi connectivity index (χ4v) is 1.80. The molecule has 0 aliphatic carbocycles. The van der Waals surface area contributed by atoms with Gasteiger partial charge < -0.3 is 5.32 Å². The minimum atomic E-state index is 0.393. The number of aryl methyl sites for hydroxylation is 1. The summed E-state index contributed by atoms with van der Waals surface area (Å²) in [4.78, 5) is 4.00. The molecule has 0 fully saturated rings. The summed E-state index contributed by atoms with van der Waals surface area (Å²) < 4.78 is 1.03. The Labute approximate surface area is 108 Å². The Kier molecular flexibility index (Phi) is 3.40. The van der Waals surface area contributed by atoms with Crippen LogP contribution in [0, 0.1) is 18.3 Å². The van der Waals surface area contributed by atoms with Gasteiger partial charge in [-0.15, -0.1) is 0 Å². The average Bonchev–Trinajstić information content (AvgIpc) is 2.34. The second-order valence-corrected chi connectivity index (χ2v) is 4.45. The lowest BCUT2D eigenvalue weighted by atomic mass is 10.2. The van der Waals surface area contributed by atoms with Gasteiger partial charge in [0.2, 0.25) is 0 Å². The Balaban J connectivity index is 2.32. The molecule has 1 N–H and O–H groups in total. The Morgan fingerprint density at radius 3 is 2.88 bits per heavy atom. The smallest absolute Gasteiger partial charge is 0.163 e. The summed E-state index contributed by atoms with van der Waals surface area (Å²) >= 11 is 3.47. The number of pyridine rings is 1. The molecule has 0 bridgehead atoms. The van der Waals surface area contributed by atoms with Gasteiger partial charge in [0.15, 0.2) is 5.69 Å². The van der Waals surface area contributed by atoms with E-state index in [-0.39, 0.29) is 0 Å². The molecule has 0 saturated carbocycles. The van der Waals surface area contributed by atoms with Crippen LogP contribution < -0.4 is 5.32 Å². The van der Waals surface area contributed by atoms with Crippen molar-refractivity contribution in [3.8, 4) is 6.07 Å². The fourth-order valence-electron chi connectivity index (χ4n) is 1.42. The number of anilines is 2. The highest BCUT2D eigenvalue weighted by atomic mass is 79.9. The van der Waals surface area contributed by atoms with Crippen LogP contribution in [0.2, 0.25) is 0 Å². The van der Waals surface area contributed by atoms with Crippen molar-refractivity contribution >= 4 is 27.3 Å². The summed E-state index contributed by atoms with van der Waals surface area (Å²) in [5.41, 5.74) is 3.20. The van der Waals surface area contributed by atoms with Gasteiger partial charge in [0.25, 0.3) is 0 Å². The van der Waals surface area contributed by atoms with Gasteiger partial charge in [0, 0.05) is 16.4 Å². The first-order valence-corrected chi connectivity index (χ1v) is 5.88. The highest BCUT2D eigenvalue weighted by Crippen LogP contribution is 2.24. The van der Waals surface area contributed by atoms with E-state index >= 15 is 0 Å². The molecule has 4 heteroatoms. The molecule has 2 rings (SSSR count). The van der Waals surface area contributed by atoms with E-state index < -0.39 is 0 Å².